The number of rotatable bonds is 4. The van der Waals surface area contributed by atoms with Crippen LogP contribution in [0.3, 0.4) is 0 Å². The number of nitrogens with one attached hydrogen (secondary N) is 1. The summed E-state index contributed by atoms with van der Waals surface area (Å²) in [5, 5.41) is 3.42. The third kappa shape index (κ3) is 1.77. The summed E-state index contributed by atoms with van der Waals surface area (Å²) in [5.74, 6) is 0. The van der Waals surface area contributed by atoms with Crippen LogP contribution in [-0.4, -0.2) is 26.8 Å². The highest BCUT2D eigenvalue weighted by Crippen LogP contribution is 2.58. The van der Waals surface area contributed by atoms with Crippen molar-refractivity contribution in [1.29, 1.82) is 0 Å². The van der Waals surface area contributed by atoms with Gasteiger partial charge in [-0.2, -0.15) is 0 Å². The molecule has 1 aliphatic heterocycles. The Morgan fingerprint density at radius 1 is 1.16 bits per heavy atom. The number of ether oxygens (including phenoxy) is 1. The standard InChI is InChI=1S/C17H25NO/c1-13-5-6-15(9-14(13)2)17(11-19-12-17)16(10-18-3)7-4-8-16/h5-6,9,18H,4,7-8,10-12H2,1-3H3. The van der Waals surface area contributed by atoms with E-state index in [0.29, 0.717) is 5.41 Å². The first kappa shape index (κ1) is 13.1. The van der Waals surface area contributed by atoms with Gasteiger partial charge in [-0.3, -0.25) is 0 Å². The van der Waals surface area contributed by atoms with Gasteiger partial charge in [0.05, 0.1) is 13.2 Å². The lowest BCUT2D eigenvalue weighted by atomic mass is 9.49. The molecule has 0 unspecified atom stereocenters. The molecule has 0 bridgehead atoms. The molecule has 0 spiro atoms. The maximum atomic E-state index is 5.66. The molecule has 0 radical (unpaired) electrons. The van der Waals surface area contributed by atoms with Crippen molar-refractivity contribution in [3.8, 4) is 0 Å². The van der Waals surface area contributed by atoms with Crippen LogP contribution >= 0.6 is 0 Å². The lowest BCUT2D eigenvalue weighted by molar-refractivity contribution is -0.156. The van der Waals surface area contributed by atoms with E-state index in [2.05, 4.69) is 44.4 Å². The normalized spacial score (nSPS) is 23.5. The third-order valence-electron chi connectivity index (χ3n) is 5.60. The largest absolute Gasteiger partial charge is 0.379 e. The van der Waals surface area contributed by atoms with Crippen molar-refractivity contribution in [1.82, 2.24) is 5.32 Å². The van der Waals surface area contributed by atoms with Crippen LogP contribution in [0.15, 0.2) is 18.2 Å². The topological polar surface area (TPSA) is 21.3 Å². The Morgan fingerprint density at radius 2 is 1.89 bits per heavy atom. The van der Waals surface area contributed by atoms with E-state index in [1.54, 1.807) is 0 Å². The summed E-state index contributed by atoms with van der Waals surface area (Å²) in [7, 11) is 2.08. The predicted octanol–water partition coefficient (Wildman–Crippen LogP) is 2.96. The van der Waals surface area contributed by atoms with Crippen molar-refractivity contribution >= 4 is 0 Å². The van der Waals surface area contributed by atoms with E-state index < -0.39 is 0 Å². The molecule has 0 atom stereocenters. The van der Waals surface area contributed by atoms with E-state index in [1.165, 1.54) is 36.0 Å². The van der Waals surface area contributed by atoms with Crippen molar-refractivity contribution in [3.05, 3.63) is 34.9 Å². The lowest BCUT2D eigenvalue weighted by Crippen LogP contribution is -2.64. The minimum Gasteiger partial charge on any atom is -0.379 e. The molecule has 2 aliphatic rings. The van der Waals surface area contributed by atoms with Crippen LogP contribution in [0.5, 0.6) is 0 Å². The molecule has 1 N–H and O–H groups in total. The summed E-state index contributed by atoms with van der Waals surface area (Å²) in [6.07, 6.45) is 4.04. The van der Waals surface area contributed by atoms with Gasteiger partial charge in [0.1, 0.15) is 0 Å². The van der Waals surface area contributed by atoms with Gasteiger partial charge in [-0.15, -0.1) is 0 Å². The Bertz CT molecular complexity index is 472. The number of hydrogen-bond acceptors (Lipinski definition) is 2. The zero-order chi connectivity index (χ0) is 13.5. The highest BCUT2D eigenvalue weighted by Gasteiger charge is 2.59. The summed E-state index contributed by atoms with van der Waals surface area (Å²) < 4.78 is 5.66. The average Bonchev–Trinajstić information content (AvgIpc) is 2.29. The van der Waals surface area contributed by atoms with Crippen molar-refractivity contribution in [2.75, 3.05) is 26.8 Å². The van der Waals surface area contributed by atoms with E-state index in [0.717, 1.165) is 19.8 Å². The lowest BCUT2D eigenvalue weighted by Gasteiger charge is -2.60. The van der Waals surface area contributed by atoms with Gasteiger partial charge in [-0.1, -0.05) is 24.6 Å². The van der Waals surface area contributed by atoms with Crippen molar-refractivity contribution in [2.45, 2.75) is 38.5 Å². The fraction of sp³-hybridized carbons (Fsp3) is 0.647. The van der Waals surface area contributed by atoms with Gasteiger partial charge >= 0.3 is 0 Å². The van der Waals surface area contributed by atoms with Crippen LogP contribution in [0.1, 0.15) is 36.0 Å². The molecule has 1 aromatic carbocycles. The molecule has 19 heavy (non-hydrogen) atoms. The first-order chi connectivity index (χ1) is 9.13. The van der Waals surface area contributed by atoms with Gasteiger partial charge < -0.3 is 10.1 Å². The molecule has 2 nitrogen and oxygen atoms in total. The van der Waals surface area contributed by atoms with E-state index in [4.69, 9.17) is 4.74 Å². The van der Waals surface area contributed by atoms with E-state index in [-0.39, 0.29) is 5.41 Å². The minimum absolute atomic E-state index is 0.257. The number of aryl methyl sites for hydroxylation is 2. The molecule has 1 aromatic rings. The van der Waals surface area contributed by atoms with Crippen LogP contribution in [-0.2, 0) is 10.2 Å². The maximum Gasteiger partial charge on any atom is 0.0591 e. The van der Waals surface area contributed by atoms with E-state index in [9.17, 15) is 0 Å². The molecule has 2 fully saturated rings. The molecular formula is C17H25NO. The molecule has 0 aromatic heterocycles. The zero-order valence-electron chi connectivity index (χ0n) is 12.4. The third-order valence-corrected chi connectivity index (χ3v) is 5.60. The quantitative estimate of drug-likeness (QED) is 0.897. The van der Waals surface area contributed by atoms with Gasteiger partial charge in [0.25, 0.3) is 0 Å². The Kier molecular flexibility index (Phi) is 3.18. The van der Waals surface area contributed by atoms with Crippen molar-refractivity contribution < 1.29 is 4.74 Å². The molecule has 0 amide bonds. The predicted molar refractivity (Wildman–Crippen MR) is 78.6 cm³/mol. The summed E-state index contributed by atoms with van der Waals surface area (Å²) in [4.78, 5) is 0. The molecule has 1 heterocycles. The minimum atomic E-state index is 0.257. The highest BCUT2D eigenvalue weighted by atomic mass is 16.5. The first-order valence-corrected chi connectivity index (χ1v) is 7.44. The van der Waals surface area contributed by atoms with E-state index in [1.807, 2.05) is 0 Å². The summed E-state index contributed by atoms with van der Waals surface area (Å²) >= 11 is 0. The van der Waals surface area contributed by atoms with Crippen LogP contribution in [0.2, 0.25) is 0 Å². The Balaban J connectivity index is 2.00. The molecular weight excluding hydrogens is 234 g/mol. The van der Waals surface area contributed by atoms with Gasteiger partial charge in [0.2, 0.25) is 0 Å². The van der Waals surface area contributed by atoms with Crippen LogP contribution < -0.4 is 5.32 Å². The fourth-order valence-corrected chi connectivity index (χ4v) is 3.89. The van der Waals surface area contributed by atoms with Gasteiger partial charge in [-0.25, -0.2) is 0 Å². The van der Waals surface area contributed by atoms with E-state index >= 15 is 0 Å². The molecule has 1 aliphatic carbocycles. The molecule has 3 rings (SSSR count). The van der Waals surface area contributed by atoms with Crippen molar-refractivity contribution in [3.63, 3.8) is 0 Å². The Hall–Kier alpha value is -0.860. The monoisotopic (exact) mass is 259 g/mol. The van der Waals surface area contributed by atoms with Gasteiger partial charge in [0.15, 0.2) is 0 Å². The summed E-state index contributed by atoms with van der Waals surface area (Å²) in [6.45, 7) is 7.32. The Labute approximate surface area is 116 Å². The molecule has 104 valence electrons. The van der Waals surface area contributed by atoms with Crippen LogP contribution in [0, 0.1) is 19.3 Å². The van der Waals surface area contributed by atoms with Crippen LogP contribution in [0.4, 0.5) is 0 Å². The second-order valence-corrected chi connectivity index (χ2v) is 6.54. The SMILES string of the molecule is CNCC1(C2(c3ccc(C)c(C)c3)COC2)CCC1. The second kappa shape index (κ2) is 4.60. The molecule has 1 saturated heterocycles. The Morgan fingerprint density at radius 3 is 2.32 bits per heavy atom. The van der Waals surface area contributed by atoms with Gasteiger partial charge in [0, 0.05) is 12.0 Å². The molecule has 2 heteroatoms. The fourth-order valence-electron chi connectivity index (χ4n) is 3.89. The summed E-state index contributed by atoms with van der Waals surface area (Å²) in [6, 6.07) is 7.00. The second-order valence-electron chi connectivity index (χ2n) is 6.54. The van der Waals surface area contributed by atoms with Crippen molar-refractivity contribution in [2.24, 2.45) is 5.41 Å². The maximum absolute atomic E-state index is 5.66. The smallest absolute Gasteiger partial charge is 0.0591 e. The zero-order valence-corrected chi connectivity index (χ0v) is 12.4. The highest BCUT2D eigenvalue weighted by molar-refractivity contribution is 5.39. The average molecular weight is 259 g/mol. The number of benzene rings is 1. The summed E-state index contributed by atoms with van der Waals surface area (Å²) in [5.41, 5.74) is 4.96. The number of hydrogen-bond donors (Lipinski definition) is 1. The first-order valence-electron chi connectivity index (χ1n) is 7.44. The van der Waals surface area contributed by atoms with Gasteiger partial charge in [-0.05, 0) is 55.8 Å². The molecule has 1 saturated carbocycles. The van der Waals surface area contributed by atoms with Crippen LogP contribution in [0.25, 0.3) is 0 Å².